The molecule has 0 bridgehead atoms. The molecule has 0 fully saturated rings. The van der Waals surface area contributed by atoms with Crippen molar-refractivity contribution in [3.05, 3.63) is 35.4 Å². The van der Waals surface area contributed by atoms with Gasteiger partial charge in [-0.05, 0) is 31.0 Å². The third-order valence-electron chi connectivity index (χ3n) is 2.17. The molecule has 0 amide bonds. The Morgan fingerprint density at radius 1 is 1.47 bits per heavy atom. The van der Waals surface area contributed by atoms with Crippen LogP contribution in [0.25, 0.3) is 0 Å². The molecule has 3 nitrogen and oxygen atoms in total. The van der Waals surface area contributed by atoms with Crippen LogP contribution < -0.4 is 0 Å². The van der Waals surface area contributed by atoms with Gasteiger partial charge in [-0.25, -0.2) is 4.79 Å². The summed E-state index contributed by atoms with van der Waals surface area (Å²) in [6.07, 6.45) is 0.117. The first-order chi connectivity index (χ1) is 7.19. The van der Waals surface area contributed by atoms with Gasteiger partial charge in [0.15, 0.2) is 0 Å². The average Bonchev–Trinajstić information content (AvgIpc) is 2.28. The lowest BCUT2D eigenvalue weighted by molar-refractivity contribution is 0.0526. The highest BCUT2D eigenvalue weighted by atomic mass is 16.5. The van der Waals surface area contributed by atoms with Crippen LogP contribution in [0.1, 0.15) is 42.3 Å². The molecule has 0 radical (unpaired) electrons. The molecule has 0 saturated carbocycles. The van der Waals surface area contributed by atoms with E-state index in [2.05, 4.69) is 0 Å². The van der Waals surface area contributed by atoms with E-state index in [-0.39, 0.29) is 5.97 Å². The molecular formula is C12H16O3. The number of rotatable bonds is 4. The summed E-state index contributed by atoms with van der Waals surface area (Å²) in [4.78, 5) is 11.4. The minimum Gasteiger partial charge on any atom is -0.462 e. The van der Waals surface area contributed by atoms with Gasteiger partial charge in [-0.2, -0.15) is 0 Å². The summed E-state index contributed by atoms with van der Waals surface area (Å²) in [5, 5.41) is 9.61. The molecule has 0 spiro atoms. The zero-order chi connectivity index (χ0) is 11.3. The van der Waals surface area contributed by atoms with Gasteiger partial charge in [0, 0.05) is 0 Å². The summed E-state index contributed by atoms with van der Waals surface area (Å²) in [6, 6.07) is 6.91. The van der Waals surface area contributed by atoms with E-state index in [0.717, 1.165) is 5.56 Å². The highest BCUT2D eigenvalue weighted by Gasteiger charge is 2.10. The van der Waals surface area contributed by atoms with E-state index in [9.17, 15) is 9.90 Å². The molecule has 0 heterocycles. The van der Waals surface area contributed by atoms with Crippen LogP contribution in [0, 0.1) is 0 Å². The standard InChI is InChI=1S/C12H16O3/c1-3-11(13)9-6-5-7-10(8-9)12(14)15-4-2/h5-8,11,13H,3-4H2,1-2H3. The fraction of sp³-hybridized carbons (Fsp3) is 0.417. The zero-order valence-electron chi connectivity index (χ0n) is 9.06. The molecule has 1 atom stereocenters. The van der Waals surface area contributed by atoms with E-state index in [1.54, 1.807) is 31.2 Å². The maximum atomic E-state index is 11.4. The first-order valence-electron chi connectivity index (χ1n) is 5.14. The number of esters is 1. The topological polar surface area (TPSA) is 46.5 Å². The maximum Gasteiger partial charge on any atom is 0.338 e. The quantitative estimate of drug-likeness (QED) is 0.772. The Morgan fingerprint density at radius 3 is 2.80 bits per heavy atom. The van der Waals surface area contributed by atoms with E-state index >= 15 is 0 Å². The molecular weight excluding hydrogens is 192 g/mol. The number of aliphatic hydroxyl groups excluding tert-OH is 1. The van der Waals surface area contributed by atoms with Crippen LogP contribution in [0.5, 0.6) is 0 Å². The number of carbonyl (C=O) groups excluding carboxylic acids is 1. The van der Waals surface area contributed by atoms with Gasteiger partial charge < -0.3 is 9.84 Å². The number of benzene rings is 1. The van der Waals surface area contributed by atoms with Crippen LogP contribution in [0.4, 0.5) is 0 Å². The maximum absolute atomic E-state index is 11.4. The second kappa shape index (κ2) is 5.51. The lowest BCUT2D eigenvalue weighted by atomic mass is 10.0. The molecule has 3 heteroatoms. The Kier molecular flexibility index (Phi) is 4.31. The van der Waals surface area contributed by atoms with Crippen molar-refractivity contribution in [2.75, 3.05) is 6.61 Å². The number of carbonyl (C=O) groups is 1. The SMILES string of the molecule is CCOC(=O)c1cccc(C(O)CC)c1. The van der Waals surface area contributed by atoms with Crippen molar-refractivity contribution in [3.8, 4) is 0 Å². The number of aliphatic hydroxyl groups is 1. The van der Waals surface area contributed by atoms with Gasteiger partial charge in [-0.15, -0.1) is 0 Å². The molecule has 0 aliphatic heterocycles. The minimum atomic E-state index is -0.514. The molecule has 1 aromatic carbocycles. The monoisotopic (exact) mass is 208 g/mol. The van der Waals surface area contributed by atoms with Gasteiger partial charge in [0.25, 0.3) is 0 Å². The fourth-order valence-electron chi connectivity index (χ4n) is 1.32. The normalized spacial score (nSPS) is 12.2. The molecule has 0 aromatic heterocycles. The van der Waals surface area contributed by atoms with Crippen molar-refractivity contribution in [1.29, 1.82) is 0 Å². The Bertz CT molecular complexity index is 333. The van der Waals surface area contributed by atoms with Gasteiger partial charge >= 0.3 is 5.97 Å². The lowest BCUT2D eigenvalue weighted by Gasteiger charge is -2.09. The van der Waals surface area contributed by atoms with Gasteiger partial charge in [0.05, 0.1) is 18.3 Å². The summed E-state index contributed by atoms with van der Waals surface area (Å²) >= 11 is 0. The van der Waals surface area contributed by atoms with Crippen molar-refractivity contribution in [1.82, 2.24) is 0 Å². The van der Waals surface area contributed by atoms with Crippen molar-refractivity contribution < 1.29 is 14.6 Å². The number of hydrogen-bond acceptors (Lipinski definition) is 3. The fourth-order valence-corrected chi connectivity index (χ4v) is 1.32. The first kappa shape index (κ1) is 11.7. The smallest absolute Gasteiger partial charge is 0.338 e. The van der Waals surface area contributed by atoms with E-state index in [1.807, 2.05) is 6.92 Å². The Labute approximate surface area is 89.7 Å². The summed E-state index contributed by atoms with van der Waals surface area (Å²) in [7, 11) is 0. The van der Waals surface area contributed by atoms with E-state index in [0.29, 0.717) is 18.6 Å². The van der Waals surface area contributed by atoms with Gasteiger partial charge in [-0.1, -0.05) is 19.1 Å². The molecule has 1 unspecified atom stereocenters. The largest absolute Gasteiger partial charge is 0.462 e. The second-order valence-corrected chi connectivity index (χ2v) is 3.27. The van der Waals surface area contributed by atoms with Crippen molar-refractivity contribution in [3.63, 3.8) is 0 Å². The van der Waals surface area contributed by atoms with Crippen LogP contribution in [-0.2, 0) is 4.74 Å². The molecule has 0 saturated heterocycles. The second-order valence-electron chi connectivity index (χ2n) is 3.27. The highest BCUT2D eigenvalue weighted by Crippen LogP contribution is 2.17. The van der Waals surface area contributed by atoms with E-state index in [4.69, 9.17) is 4.74 Å². The predicted molar refractivity (Wildman–Crippen MR) is 57.6 cm³/mol. The Balaban J connectivity index is 2.87. The van der Waals surface area contributed by atoms with Crippen LogP contribution in [0.2, 0.25) is 0 Å². The third kappa shape index (κ3) is 3.06. The highest BCUT2D eigenvalue weighted by molar-refractivity contribution is 5.89. The average molecular weight is 208 g/mol. The van der Waals surface area contributed by atoms with Crippen molar-refractivity contribution in [2.45, 2.75) is 26.4 Å². The molecule has 1 N–H and O–H groups in total. The van der Waals surface area contributed by atoms with Crippen molar-refractivity contribution in [2.24, 2.45) is 0 Å². The Hall–Kier alpha value is -1.35. The molecule has 82 valence electrons. The lowest BCUT2D eigenvalue weighted by Crippen LogP contribution is -2.06. The molecule has 1 rings (SSSR count). The minimum absolute atomic E-state index is 0.345. The van der Waals surface area contributed by atoms with Gasteiger partial charge in [0.2, 0.25) is 0 Å². The van der Waals surface area contributed by atoms with Crippen LogP contribution in [0.15, 0.2) is 24.3 Å². The van der Waals surface area contributed by atoms with Crippen molar-refractivity contribution >= 4 is 5.97 Å². The van der Waals surface area contributed by atoms with Crippen LogP contribution in [-0.4, -0.2) is 17.7 Å². The molecule has 0 aliphatic rings. The van der Waals surface area contributed by atoms with Crippen LogP contribution in [0.3, 0.4) is 0 Å². The number of ether oxygens (including phenoxy) is 1. The summed E-state index contributed by atoms with van der Waals surface area (Å²) in [6.45, 7) is 4.02. The van der Waals surface area contributed by atoms with Gasteiger partial charge in [0.1, 0.15) is 0 Å². The van der Waals surface area contributed by atoms with Gasteiger partial charge in [-0.3, -0.25) is 0 Å². The van der Waals surface area contributed by atoms with E-state index < -0.39 is 6.10 Å². The van der Waals surface area contributed by atoms with Crippen LogP contribution >= 0.6 is 0 Å². The third-order valence-corrected chi connectivity index (χ3v) is 2.17. The molecule has 15 heavy (non-hydrogen) atoms. The van der Waals surface area contributed by atoms with E-state index in [1.165, 1.54) is 0 Å². The zero-order valence-corrected chi connectivity index (χ0v) is 9.06. The molecule has 0 aliphatic carbocycles. The first-order valence-corrected chi connectivity index (χ1v) is 5.14. The summed E-state index contributed by atoms with van der Waals surface area (Å²) in [5.74, 6) is -0.345. The predicted octanol–water partition coefficient (Wildman–Crippen LogP) is 2.31. The molecule has 1 aromatic rings. The summed E-state index contributed by atoms with van der Waals surface area (Å²) in [5.41, 5.74) is 1.24. The summed E-state index contributed by atoms with van der Waals surface area (Å²) < 4.78 is 4.88. The Morgan fingerprint density at radius 2 is 2.20 bits per heavy atom. The number of hydrogen-bond donors (Lipinski definition) is 1.